The summed E-state index contributed by atoms with van der Waals surface area (Å²) in [4.78, 5) is 118. The zero-order valence-corrected chi connectivity index (χ0v) is 77.6. The van der Waals surface area contributed by atoms with Crippen LogP contribution in [0.4, 0.5) is 19.2 Å². The van der Waals surface area contributed by atoms with E-state index in [1.54, 1.807) is 33.4 Å². The largest absolute Gasteiger partial charge is 2.00 e. The second-order valence-corrected chi connectivity index (χ2v) is 33.3. The first-order valence-corrected chi connectivity index (χ1v) is 40.7. The summed E-state index contributed by atoms with van der Waals surface area (Å²) in [6.45, 7) is 43.7. The quantitative estimate of drug-likeness (QED) is 0.0538. The first kappa shape index (κ1) is 115. The van der Waals surface area contributed by atoms with Gasteiger partial charge in [-0.3, -0.25) is 24.0 Å². The molecule has 8 rings (SSSR count). The van der Waals surface area contributed by atoms with Crippen LogP contribution >= 0.6 is 51.5 Å². The minimum absolute atomic E-state index is 0. The molecule has 0 unspecified atom stereocenters. The number of esters is 3. The minimum atomic E-state index is -0.559. The summed E-state index contributed by atoms with van der Waals surface area (Å²) in [7, 11) is 7.14. The van der Waals surface area contributed by atoms with Crippen molar-refractivity contribution in [3.63, 3.8) is 0 Å². The number of likely N-dealkylation sites (tertiary alicyclic amines) is 6. The molecule has 8 aliphatic rings. The molecule has 26 nitrogen and oxygen atoms in total. The van der Waals surface area contributed by atoms with Crippen LogP contribution in [0.3, 0.4) is 0 Å². The van der Waals surface area contributed by atoms with Crippen LogP contribution in [0.25, 0.3) is 0 Å². The Hall–Kier alpha value is -3.13. The van der Waals surface area contributed by atoms with Crippen LogP contribution in [0.5, 0.6) is 0 Å². The van der Waals surface area contributed by atoms with Gasteiger partial charge in [0.1, 0.15) is 22.4 Å². The number of piperidine rings is 5. The van der Waals surface area contributed by atoms with Crippen LogP contribution in [-0.2, 0) is 61.9 Å². The Bertz CT molecular complexity index is 2550. The third-order valence-corrected chi connectivity index (χ3v) is 19.9. The molecule has 644 valence electrons. The Morgan fingerprint density at radius 2 is 0.827 bits per heavy atom. The predicted molar refractivity (Wildman–Crippen MR) is 442 cm³/mol. The SMILES string of the molecule is C.C1CCOC1.CCOC(=O)C1(CCCl)CCN(C(=O)OC(C)(C)C)CC1.CCOC(=O)C1(CCNC)CCN(C(=O)OC(C)(C)C)CC1.CCOC(=O)C1CCN(C(=O)OC(C)(C)C)CC1.CN.CN1CCC2(CCN(C(=O)OC(C)(C)C)CC2)C1=O.CN1CCC2(CCNCC2)C1=O.C[CH-]C.Cl.ClCCBr.[Br-].[Mg+2]. The van der Waals surface area contributed by atoms with Gasteiger partial charge in [0, 0.05) is 110 Å². The zero-order valence-electron chi connectivity index (χ0n) is 70.6. The second-order valence-electron chi connectivity index (χ2n) is 31.7. The molecule has 0 aromatic carbocycles. The molecule has 110 heavy (non-hydrogen) atoms. The van der Waals surface area contributed by atoms with Crippen molar-refractivity contribution in [1.82, 2.24) is 40.0 Å². The molecule has 0 saturated carbocycles. The number of alkyl halides is 3. The Balaban J connectivity index is -0.000000398. The Morgan fingerprint density at radius 1 is 0.536 bits per heavy atom. The number of hydrogen-bond acceptors (Lipinski definition) is 20. The molecule has 2 spiro atoms. The molecule has 0 aromatic heterocycles. The fourth-order valence-corrected chi connectivity index (χ4v) is 13.1. The smallest absolute Gasteiger partial charge is 1.00 e. The maximum absolute atomic E-state index is 12.3. The molecule has 0 aromatic rings. The number of nitrogens with two attached hydrogens (primary N) is 1. The van der Waals surface area contributed by atoms with Gasteiger partial charge in [-0.1, -0.05) is 23.4 Å². The normalized spacial score (nSPS) is 18.6. The van der Waals surface area contributed by atoms with Crippen LogP contribution in [-0.4, -0.2) is 292 Å². The maximum Gasteiger partial charge on any atom is 2.00 e. The van der Waals surface area contributed by atoms with E-state index in [2.05, 4.69) is 32.3 Å². The molecule has 8 fully saturated rings. The van der Waals surface area contributed by atoms with Gasteiger partial charge in [-0.2, -0.15) is 13.8 Å². The summed E-state index contributed by atoms with van der Waals surface area (Å²) in [5.74, 6) is 1.17. The average molecular weight is 1770 g/mol. The monoisotopic (exact) mass is 1770 g/mol. The van der Waals surface area contributed by atoms with Gasteiger partial charge in [0.05, 0.1) is 47.4 Å². The number of nitrogens with one attached hydrogen (secondary N) is 2. The average Bonchev–Trinajstić information content (AvgIpc) is 1.60. The summed E-state index contributed by atoms with van der Waals surface area (Å²) in [6.07, 6.45) is 13.9. The van der Waals surface area contributed by atoms with E-state index in [0.29, 0.717) is 135 Å². The van der Waals surface area contributed by atoms with Crippen LogP contribution < -0.4 is 33.3 Å². The van der Waals surface area contributed by atoms with Crippen LogP contribution in [0, 0.1) is 34.0 Å². The first-order chi connectivity index (χ1) is 49.6. The number of carbonyl (C=O) groups is 9. The van der Waals surface area contributed by atoms with E-state index in [4.69, 9.17) is 61.1 Å². The van der Waals surface area contributed by atoms with E-state index in [1.165, 1.54) is 19.9 Å². The van der Waals surface area contributed by atoms with Crippen molar-refractivity contribution in [3.05, 3.63) is 6.42 Å². The van der Waals surface area contributed by atoms with Crippen molar-refractivity contribution >= 4 is 129 Å². The standard InChI is InChI=1S/C16H30N2O4.C15H26ClNO4.C14H24N2O3.C13H23NO4.C9H16N2O.C4H8O.C3H7.C2H4BrCl.CH5N.CH4.BrH.ClH.Mg/c1-6-21-13(19)16(7-10-17-5)8-11-18(12-9-16)14(20)22-15(2,3)4;1-5-20-12(18)15(6-9-16)7-10-17(11-8-15)13(19)21-14(2,3)4;1-13(2,3)19-12(18)16-9-6-14(7-10-16)5-8-15(4)11(14)17;1-5-17-11(15)10-6-8-14(9-7-10)12(16)18-13(2,3)4;1-11-7-4-9(8(11)12)2-5-10-6-3-9;1-2-4-5-3-1;1-3-2;3-1-2-4;1-2;;;;/h17H,6-12H2,1-5H3;5-11H2,1-4H3;5-10H2,1-4H3;10H,5-9H2,1-4H3;10H,2-7H2,1H3;1-4H2;3H,1-2H3;1-2H2;2H2,1H3;1H4;2*1H;/q;;;;;;-1;;;;;;+2/p-1. The Morgan fingerprint density at radius 3 is 1.08 bits per heavy atom. The molecule has 8 heterocycles. The molecular formula is C78H148Br2Cl3MgN9O17. The molecule has 0 aliphatic carbocycles. The van der Waals surface area contributed by atoms with Crippen LogP contribution in [0.1, 0.15) is 228 Å². The van der Waals surface area contributed by atoms with Crippen molar-refractivity contribution in [2.24, 2.45) is 33.3 Å². The second kappa shape index (κ2) is 58.7. The van der Waals surface area contributed by atoms with Gasteiger partial charge in [0.2, 0.25) is 11.8 Å². The van der Waals surface area contributed by atoms with Gasteiger partial charge >= 0.3 is 65.3 Å². The third kappa shape index (κ3) is 43.7. The van der Waals surface area contributed by atoms with Crippen molar-refractivity contribution in [1.29, 1.82) is 0 Å². The van der Waals surface area contributed by atoms with E-state index in [0.717, 1.165) is 96.2 Å². The topological polar surface area (TPSA) is 297 Å². The predicted octanol–water partition coefficient (Wildman–Crippen LogP) is 10.6. The molecule has 0 bridgehead atoms. The third-order valence-electron chi connectivity index (χ3n) is 18.6. The summed E-state index contributed by atoms with van der Waals surface area (Å²) >= 11 is 14.1. The fraction of sp³-hybridized carbons (Fsp3) is 0.872. The first-order valence-electron chi connectivity index (χ1n) is 38.5. The maximum atomic E-state index is 12.3. The number of ether oxygens (including phenoxy) is 8. The molecule has 0 atom stereocenters. The summed E-state index contributed by atoms with van der Waals surface area (Å²) in [5.41, 5.74) is 1.31. The van der Waals surface area contributed by atoms with E-state index in [1.807, 2.05) is 141 Å². The molecule has 8 aliphatic heterocycles. The molecular weight excluding hydrogens is 1630 g/mol. The van der Waals surface area contributed by atoms with E-state index in [-0.39, 0.29) is 125 Å². The van der Waals surface area contributed by atoms with Gasteiger partial charge in [-0.25, -0.2) is 19.2 Å². The van der Waals surface area contributed by atoms with Crippen molar-refractivity contribution in [2.45, 2.75) is 250 Å². The minimum Gasteiger partial charge on any atom is -1.00 e. The number of carbonyl (C=O) groups excluding carboxylic acids is 9. The molecule has 6 amide bonds. The van der Waals surface area contributed by atoms with Crippen LogP contribution in [0.2, 0.25) is 0 Å². The Kier molecular flexibility index (Phi) is 61.6. The van der Waals surface area contributed by atoms with Crippen LogP contribution in [0.15, 0.2) is 0 Å². The van der Waals surface area contributed by atoms with Gasteiger partial charge < -0.3 is 107 Å². The number of amides is 6. The zero-order chi connectivity index (χ0) is 81.2. The molecule has 4 N–H and O–H groups in total. The molecule has 32 heteroatoms. The Labute approximate surface area is 715 Å². The summed E-state index contributed by atoms with van der Waals surface area (Å²) in [5, 5.41) is 7.29. The number of nitrogens with zero attached hydrogens (tertiary/aromatic N) is 6. The molecule has 8 saturated heterocycles. The van der Waals surface area contributed by atoms with Gasteiger partial charge in [0.15, 0.2) is 0 Å². The number of hydrogen-bond donors (Lipinski definition) is 3. The van der Waals surface area contributed by atoms with Crippen molar-refractivity contribution < 1.29 is 98.0 Å². The van der Waals surface area contributed by atoms with Crippen molar-refractivity contribution in [2.75, 3.05) is 163 Å². The summed E-state index contributed by atoms with van der Waals surface area (Å²) < 4.78 is 41.8. The summed E-state index contributed by atoms with van der Waals surface area (Å²) in [6, 6.07) is 0. The fourth-order valence-electron chi connectivity index (χ4n) is 12.8. The molecule has 0 radical (unpaired) electrons. The van der Waals surface area contributed by atoms with E-state index < -0.39 is 33.2 Å². The van der Waals surface area contributed by atoms with Gasteiger partial charge in [0.25, 0.3) is 0 Å². The van der Waals surface area contributed by atoms with Gasteiger partial charge in [-0.15, -0.1) is 35.6 Å². The van der Waals surface area contributed by atoms with Gasteiger partial charge in [-0.05, 0) is 240 Å². The number of rotatable bonds is 12. The van der Waals surface area contributed by atoms with E-state index in [9.17, 15) is 43.2 Å². The van der Waals surface area contributed by atoms with Crippen molar-refractivity contribution in [3.8, 4) is 0 Å². The van der Waals surface area contributed by atoms with E-state index >= 15 is 0 Å². The number of halogens is 5.